The summed E-state index contributed by atoms with van der Waals surface area (Å²) in [4.78, 5) is 37.9. The standard InChI is InChI=1S/C27H26N2O5/c30-24(29-15-18-7-5-13-27(18,17-29)25(31)32)12-6-14-28-26(33)34-16-23-21-10-3-1-8-19(21)20-9-2-4-11-22(20)23/h1-4,8-11,18,23H,5,7,13-17H2,(H,28,33)(H,31,32)/t18-,27-/m0/s1. The van der Waals surface area contributed by atoms with Gasteiger partial charge in [0.25, 0.3) is 5.91 Å². The number of hydrogen-bond donors (Lipinski definition) is 2. The molecule has 1 saturated heterocycles. The number of carboxylic acid groups (broad SMARTS) is 1. The lowest BCUT2D eigenvalue weighted by atomic mass is 9.81. The van der Waals surface area contributed by atoms with E-state index in [9.17, 15) is 19.5 Å². The quantitative estimate of drug-likeness (QED) is 0.686. The second-order valence-corrected chi connectivity index (χ2v) is 9.22. The van der Waals surface area contributed by atoms with Crippen LogP contribution >= 0.6 is 0 Å². The van der Waals surface area contributed by atoms with Crippen LogP contribution in [0.15, 0.2) is 48.5 Å². The molecule has 2 aromatic carbocycles. The number of fused-ring (bicyclic) bond motifs is 4. The molecule has 0 radical (unpaired) electrons. The first kappa shape index (κ1) is 22.0. The van der Waals surface area contributed by atoms with Crippen LogP contribution in [0.25, 0.3) is 11.1 Å². The van der Waals surface area contributed by atoms with E-state index in [-0.39, 0.29) is 31.5 Å². The summed E-state index contributed by atoms with van der Waals surface area (Å²) in [7, 11) is 0. The highest BCUT2D eigenvalue weighted by molar-refractivity contribution is 5.94. The van der Waals surface area contributed by atoms with Crippen molar-refractivity contribution in [1.82, 2.24) is 10.2 Å². The number of carbonyl (C=O) groups is 3. The zero-order valence-electron chi connectivity index (χ0n) is 18.8. The van der Waals surface area contributed by atoms with Gasteiger partial charge in [0, 0.05) is 19.0 Å². The fourth-order valence-electron chi connectivity index (χ4n) is 5.76. The van der Waals surface area contributed by atoms with E-state index in [1.807, 2.05) is 24.3 Å². The van der Waals surface area contributed by atoms with Crippen molar-refractivity contribution in [1.29, 1.82) is 0 Å². The molecule has 7 heteroatoms. The van der Waals surface area contributed by atoms with Gasteiger partial charge in [0.05, 0.1) is 12.0 Å². The topological polar surface area (TPSA) is 95.9 Å². The number of aliphatic carboxylic acids is 1. The second-order valence-electron chi connectivity index (χ2n) is 9.22. The first-order valence-electron chi connectivity index (χ1n) is 11.6. The van der Waals surface area contributed by atoms with E-state index in [4.69, 9.17) is 4.74 Å². The van der Waals surface area contributed by atoms with E-state index in [2.05, 4.69) is 41.4 Å². The van der Waals surface area contributed by atoms with Gasteiger partial charge in [0.2, 0.25) is 0 Å². The van der Waals surface area contributed by atoms with Crippen molar-refractivity contribution in [2.45, 2.75) is 25.2 Å². The highest BCUT2D eigenvalue weighted by Gasteiger charge is 2.55. The lowest BCUT2D eigenvalue weighted by molar-refractivity contribution is -0.149. The van der Waals surface area contributed by atoms with Crippen molar-refractivity contribution >= 4 is 18.0 Å². The van der Waals surface area contributed by atoms with Crippen LogP contribution in [0.3, 0.4) is 0 Å². The zero-order valence-corrected chi connectivity index (χ0v) is 18.8. The van der Waals surface area contributed by atoms with Crippen molar-refractivity contribution in [3.63, 3.8) is 0 Å². The van der Waals surface area contributed by atoms with Gasteiger partial charge >= 0.3 is 12.1 Å². The maximum Gasteiger partial charge on any atom is 0.407 e. The fraction of sp³-hybridized carbons (Fsp3) is 0.370. The smallest absolute Gasteiger partial charge is 0.407 e. The number of amides is 2. The molecule has 174 valence electrons. The van der Waals surface area contributed by atoms with Gasteiger partial charge in [-0.15, -0.1) is 0 Å². The summed E-state index contributed by atoms with van der Waals surface area (Å²) in [6.07, 6.45) is 1.72. The molecule has 5 rings (SSSR count). The van der Waals surface area contributed by atoms with Crippen LogP contribution in [0.2, 0.25) is 0 Å². The number of carbonyl (C=O) groups excluding carboxylic acids is 2. The summed E-state index contributed by atoms with van der Waals surface area (Å²) in [6, 6.07) is 16.2. The molecule has 1 aliphatic heterocycles. The average Bonchev–Trinajstić information content (AvgIpc) is 3.50. The monoisotopic (exact) mass is 458 g/mol. The third-order valence-corrected chi connectivity index (χ3v) is 7.44. The molecule has 2 fully saturated rings. The largest absolute Gasteiger partial charge is 0.481 e. The molecule has 3 aliphatic rings. The number of ether oxygens (including phenoxy) is 1. The molecule has 7 nitrogen and oxygen atoms in total. The molecule has 2 aliphatic carbocycles. The van der Waals surface area contributed by atoms with Gasteiger partial charge in [-0.3, -0.25) is 9.59 Å². The van der Waals surface area contributed by atoms with Crippen molar-refractivity contribution in [3.05, 3.63) is 59.7 Å². The number of carboxylic acids is 1. The number of nitrogens with zero attached hydrogens (tertiary/aromatic N) is 1. The van der Waals surface area contributed by atoms with E-state index < -0.39 is 23.4 Å². The maximum atomic E-state index is 12.4. The predicted molar refractivity (Wildman–Crippen MR) is 125 cm³/mol. The maximum absolute atomic E-state index is 12.4. The number of rotatable bonds is 4. The summed E-state index contributed by atoms with van der Waals surface area (Å²) in [5.74, 6) is 3.93. The van der Waals surface area contributed by atoms with E-state index in [0.29, 0.717) is 13.0 Å². The molecule has 2 aromatic rings. The Morgan fingerprint density at radius 3 is 2.41 bits per heavy atom. The molecule has 0 bridgehead atoms. The summed E-state index contributed by atoms with van der Waals surface area (Å²) >= 11 is 0. The van der Waals surface area contributed by atoms with Crippen LogP contribution in [0.1, 0.15) is 36.3 Å². The lowest BCUT2D eigenvalue weighted by Crippen LogP contribution is -2.37. The first-order chi connectivity index (χ1) is 16.5. The predicted octanol–water partition coefficient (Wildman–Crippen LogP) is 3.24. The Hall–Kier alpha value is -3.79. The third kappa shape index (κ3) is 3.79. The number of alkyl carbamates (subject to hydrolysis) is 1. The average molecular weight is 459 g/mol. The molecule has 34 heavy (non-hydrogen) atoms. The Morgan fingerprint density at radius 2 is 1.76 bits per heavy atom. The molecule has 0 aromatic heterocycles. The van der Waals surface area contributed by atoms with Crippen LogP contribution in [0.5, 0.6) is 0 Å². The van der Waals surface area contributed by atoms with Crippen molar-refractivity contribution in [2.24, 2.45) is 11.3 Å². The van der Waals surface area contributed by atoms with Gasteiger partial charge in [-0.2, -0.15) is 0 Å². The Morgan fingerprint density at radius 1 is 1.09 bits per heavy atom. The van der Waals surface area contributed by atoms with E-state index in [0.717, 1.165) is 35.1 Å². The Kier molecular flexibility index (Phi) is 5.74. The molecule has 2 N–H and O–H groups in total. The van der Waals surface area contributed by atoms with Crippen LogP contribution in [0, 0.1) is 23.2 Å². The molecular formula is C27H26N2O5. The molecule has 2 atom stereocenters. The molecule has 1 saturated carbocycles. The summed E-state index contributed by atoms with van der Waals surface area (Å²) < 4.78 is 5.46. The lowest BCUT2D eigenvalue weighted by Gasteiger charge is -2.22. The van der Waals surface area contributed by atoms with Gasteiger partial charge in [-0.1, -0.05) is 60.9 Å². The number of nitrogens with one attached hydrogen (secondary N) is 1. The molecule has 2 amide bonds. The Bertz CT molecular complexity index is 1170. The summed E-state index contributed by atoms with van der Waals surface area (Å²) in [5.41, 5.74) is 3.77. The van der Waals surface area contributed by atoms with Crippen molar-refractivity contribution < 1.29 is 24.2 Å². The number of benzene rings is 2. The van der Waals surface area contributed by atoms with Gasteiger partial charge in [0.1, 0.15) is 6.61 Å². The molecule has 0 spiro atoms. The van der Waals surface area contributed by atoms with Gasteiger partial charge in [0.15, 0.2) is 0 Å². The van der Waals surface area contributed by atoms with E-state index >= 15 is 0 Å². The van der Waals surface area contributed by atoms with Crippen molar-refractivity contribution in [2.75, 3.05) is 26.2 Å². The van der Waals surface area contributed by atoms with E-state index in [1.54, 1.807) is 0 Å². The van der Waals surface area contributed by atoms with Gasteiger partial charge in [-0.05, 0) is 46.9 Å². The number of hydrogen-bond acceptors (Lipinski definition) is 4. The van der Waals surface area contributed by atoms with Gasteiger partial charge < -0.3 is 20.1 Å². The normalized spacial score (nSPS) is 22.2. The highest BCUT2D eigenvalue weighted by Crippen LogP contribution is 2.49. The van der Waals surface area contributed by atoms with Crippen LogP contribution in [-0.2, 0) is 14.3 Å². The highest BCUT2D eigenvalue weighted by atomic mass is 16.5. The minimum absolute atomic E-state index is 0.00491. The molecular weight excluding hydrogens is 432 g/mol. The summed E-state index contributed by atoms with van der Waals surface area (Å²) in [6.45, 7) is 0.822. The third-order valence-electron chi connectivity index (χ3n) is 7.44. The molecule has 0 unspecified atom stereocenters. The minimum atomic E-state index is -0.824. The van der Waals surface area contributed by atoms with Crippen LogP contribution in [-0.4, -0.2) is 54.2 Å². The fourth-order valence-corrected chi connectivity index (χ4v) is 5.76. The van der Waals surface area contributed by atoms with Crippen molar-refractivity contribution in [3.8, 4) is 23.0 Å². The Balaban J connectivity index is 1.12. The number of likely N-dealkylation sites (tertiary alicyclic amines) is 1. The van der Waals surface area contributed by atoms with Crippen LogP contribution < -0.4 is 5.32 Å². The summed E-state index contributed by atoms with van der Waals surface area (Å²) in [5, 5.41) is 12.2. The SMILES string of the molecule is O=C(NCC#CC(=O)N1C[C@@H]2CCC[C@]2(C(=O)O)C1)OCC1c2ccccc2-c2ccccc21. The first-order valence-corrected chi connectivity index (χ1v) is 11.6. The molecule has 1 heterocycles. The Labute approximate surface area is 198 Å². The van der Waals surface area contributed by atoms with E-state index in [1.165, 1.54) is 4.90 Å². The second kappa shape index (κ2) is 8.86. The van der Waals surface area contributed by atoms with Crippen LogP contribution in [0.4, 0.5) is 4.79 Å². The minimum Gasteiger partial charge on any atom is -0.481 e. The van der Waals surface area contributed by atoms with Gasteiger partial charge in [-0.25, -0.2) is 4.79 Å². The zero-order chi connectivity index (χ0) is 23.7.